The molecule has 0 saturated carbocycles. The van der Waals surface area contributed by atoms with E-state index in [1.54, 1.807) is 24.3 Å². The fraction of sp³-hybridized carbons (Fsp3) is 0.105. The number of rotatable bonds is 2. The van der Waals surface area contributed by atoms with Crippen molar-refractivity contribution >= 4 is 16.6 Å². The van der Waals surface area contributed by atoms with Gasteiger partial charge in [-0.15, -0.1) is 0 Å². The van der Waals surface area contributed by atoms with Crippen molar-refractivity contribution in [3.8, 4) is 0 Å². The van der Waals surface area contributed by atoms with Crippen molar-refractivity contribution in [1.29, 1.82) is 0 Å². The molecule has 0 aliphatic rings. The van der Waals surface area contributed by atoms with E-state index in [1.165, 1.54) is 6.07 Å². The molecule has 0 N–H and O–H groups in total. The maximum absolute atomic E-state index is 13.9. The van der Waals surface area contributed by atoms with Crippen LogP contribution in [0.5, 0.6) is 0 Å². The summed E-state index contributed by atoms with van der Waals surface area (Å²) >= 11 is 0. The Morgan fingerprint density at radius 1 is 0.810 bits per heavy atom. The van der Waals surface area contributed by atoms with Crippen LogP contribution < -0.4 is 0 Å². The summed E-state index contributed by atoms with van der Waals surface area (Å²) in [7, 11) is 0. The van der Waals surface area contributed by atoms with Crippen LogP contribution in [0.1, 0.15) is 27.0 Å². The number of fused-ring (bicyclic) bond motifs is 1. The van der Waals surface area contributed by atoms with Crippen molar-refractivity contribution in [2.24, 2.45) is 0 Å². The highest BCUT2D eigenvalue weighted by Crippen LogP contribution is 2.25. The Morgan fingerprint density at radius 2 is 1.52 bits per heavy atom. The van der Waals surface area contributed by atoms with E-state index < -0.39 is 0 Å². The molecule has 0 aromatic heterocycles. The Balaban J connectivity index is 2.23. The van der Waals surface area contributed by atoms with E-state index in [4.69, 9.17) is 0 Å². The van der Waals surface area contributed by atoms with Gasteiger partial charge in [0.2, 0.25) is 0 Å². The summed E-state index contributed by atoms with van der Waals surface area (Å²) in [4.78, 5) is 12.8. The summed E-state index contributed by atoms with van der Waals surface area (Å²) < 4.78 is 13.9. The molecule has 104 valence electrons. The van der Waals surface area contributed by atoms with Crippen LogP contribution in [-0.4, -0.2) is 5.78 Å². The molecule has 0 amide bonds. The maximum Gasteiger partial charge on any atom is 0.193 e. The van der Waals surface area contributed by atoms with Crippen molar-refractivity contribution in [2.45, 2.75) is 13.8 Å². The van der Waals surface area contributed by atoms with Gasteiger partial charge in [0.15, 0.2) is 5.78 Å². The minimum Gasteiger partial charge on any atom is -0.289 e. The Kier molecular flexibility index (Phi) is 3.30. The standard InChI is InChI=1S/C19H15FO/c1-12-6-5-9-14(13(12)2)19(21)17-10-11-18(20)16-8-4-3-7-15(16)17/h3-11H,1-2H3. The quantitative estimate of drug-likeness (QED) is 0.614. The summed E-state index contributed by atoms with van der Waals surface area (Å²) in [5, 5.41) is 1.14. The van der Waals surface area contributed by atoms with E-state index in [1.807, 2.05) is 38.1 Å². The van der Waals surface area contributed by atoms with Crippen molar-refractivity contribution < 1.29 is 9.18 Å². The molecule has 0 atom stereocenters. The predicted octanol–water partition coefficient (Wildman–Crippen LogP) is 4.83. The molecule has 0 unspecified atom stereocenters. The van der Waals surface area contributed by atoms with Gasteiger partial charge in [0, 0.05) is 16.5 Å². The zero-order valence-electron chi connectivity index (χ0n) is 12.0. The lowest BCUT2D eigenvalue weighted by Gasteiger charge is -2.10. The molecule has 0 fully saturated rings. The van der Waals surface area contributed by atoms with E-state index in [0.717, 1.165) is 11.1 Å². The van der Waals surface area contributed by atoms with Gasteiger partial charge >= 0.3 is 0 Å². The molecule has 0 spiro atoms. The summed E-state index contributed by atoms with van der Waals surface area (Å²) in [6.07, 6.45) is 0. The smallest absolute Gasteiger partial charge is 0.193 e. The van der Waals surface area contributed by atoms with Crippen molar-refractivity contribution in [1.82, 2.24) is 0 Å². The highest BCUT2D eigenvalue weighted by molar-refractivity contribution is 6.17. The number of ketones is 1. The van der Waals surface area contributed by atoms with Gasteiger partial charge in [0.1, 0.15) is 5.82 Å². The minimum absolute atomic E-state index is 0.0626. The molecule has 2 heteroatoms. The molecular weight excluding hydrogens is 263 g/mol. The van der Waals surface area contributed by atoms with Gasteiger partial charge < -0.3 is 0 Å². The lowest BCUT2D eigenvalue weighted by molar-refractivity contribution is 0.103. The number of halogens is 1. The van der Waals surface area contributed by atoms with Gasteiger partial charge in [-0.05, 0) is 42.5 Å². The second kappa shape index (κ2) is 5.13. The number of hydrogen-bond donors (Lipinski definition) is 0. The van der Waals surface area contributed by atoms with Gasteiger partial charge in [-0.3, -0.25) is 4.79 Å². The largest absolute Gasteiger partial charge is 0.289 e. The molecule has 0 aliphatic heterocycles. The molecule has 0 aliphatic carbocycles. The zero-order valence-corrected chi connectivity index (χ0v) is 12.0. The third kappa shape index (κ3) is 2.23. The summed E-state index contributed by atoms with van der Waals surface area (Å²) in [6.45, 7) is 3.92. The van der Waals surface area contributed by atoms with Gasteiger partial charge in [0.05, 0.1) is 0 Å². The number of benzene rings is 3. The molecule has 3 aromatic carbocycles. The van der Waals surface area contributed by atoms with E-state index >= 15 is 0 Å². The van der Waals surface area contributed by atoms with Gasteiger partial charge in [0.25, 0.3) is 0 Å². The number of carbonyl (C=O) groups excluding carboxylic acids is 1. The van der Waals surface area contributed by atoms with E-state index in [-0.39, 0.29) is 11.6 Å². The molecule has 0 saturated heterocycles. The summed E-state index contributed by atoms with van der Waals surface area (Å²) in [5.74, 6) is -0.365. The fourth-order valence-corrected chi connectivity index (χ4v) is 2.60. The highest BCUT2D eigenvalue weighted by atomic mass is 19.1. The Labute approximate surface area is 123 Å². The molecule has 0 heterocycles. The van der Waals surface area contributed by atoms with Crippen LogP contribution in [0, 0.1) is 19.7 Å². The predicted molar refractivity (Wildman–Crippen MR) is 83.3 cm³/mol. The molecule has 21 heavy (non-hydrogen) atoms. The average Bonchev–Trinajstić information content (AvgIpc) is 2.50. The van der Waals surface area contributed by atoms with Crippen molar-refractivity contribution in [2.75, 3.05) is 0 Å². The van der Waals surface area contributed by atoms with Crippen molar-refractivity contribution in [3.63, 3.8) is 0 Å². The van der Waals surface area contributed by atoms with Crippen LogP contribution >= 0.6 is 0 Å². The van der Waals surface area contributed by atoms with Crippen LogP contribution in [-0.2, 0) is 0 Å². The first-order chi connectivity index (χ1) is 10.1. The summed E-state index contributed by atoms with van der Waals surface area (Å²) in [6, 6.07) is 15.7. The normalized spacial score (nSPS) is 10.8. The monoisotopic (exact) mass is 278 g/mol. The first-order valence-electron chi connectivity index (χ1n) is 6.88. The molecule has 0 radical (unpaired) electrons. The van der Waals surface area contributed by atoms with Crippen LogP contribution in [0.15, 0.2) is 54.6 Å². The topological polar surface area (TPSA) is 17.1 Å². The molecule has 0 bridgehead atoms. The van der Waals surface area contributed by atoms with Gasteiger partial charge in [-0.2, -0.15) is 0 Å². The fourth-order valence-electron chi connectivity index (χ4n) is 2.60. The maximum atomic E-state index is 13.9. The third-order valence-corrected chi connectivity index (χ3v) is 3.96. The minimum atomic E-state index is -0.303. The van der Waals surface area contributed by atoms with Crippen LogP contribution in [0.2, 0.25) is 0 Å². The third-order valence-electron chi connectivity index (χ3n) is 3.96. The average molecular weight is 278 g/mol. The van der Waals surface area contributed by atoms with Gasteiger partial charge in [-0.1, -0.05) is 42.5 Å². The van der Waals surface area contributed by atoms with Crippen LogP contribution in [0.25, 0.3) is 10.8 Å². The second-order valence-corrected chi connectivity index (χ2v) is 5.22. The summed E-state index contributed by atoms with van der Waals surface area (Å²) in [5.41, 5.74) is 3.26. The number of aryl methyl sites for hydroxylation is 1. The Hall–Kier alpha value is -2.48. The Bertz CT molecular complexity index is 849. The highest BCUT2D eigenvalue weighted by Gasteiger charge is 2.16. The molecule has 1 nitrogen and oxygen atoms in total. The van der Waals surface area contributed by atoms with Crippen LogP contribution in [0.3, 0.4) is 0 Å². The van der Waals surface area contributed by atoms with Crippen molar-refractivity contribution in [3.05, 3.63) is 82.7 Å². The molecule has 3 aromatic rings. The van der Waals surface area contributed by atoms with Gasteiger partial charge in [-0.25, -0.2) is 4.39 Å². The number of carbonyl (C=O) groups is 1. The molecule has 3 rings (SSSR count). The van der Waals surface area contributed by atoms with E-state index in [2.05, 4.69) is 0 Å². The first-order valence-corrected chi connectivity index (χ1v) is 6.88. The second-order valence-electron chi connectivity index (χ2n) is 5.22. The first kappa shape index (κ1) is 13.5. The zero-order chi connectivity index (χ0) is 15.0. The Morgan fingerprint density at radius 3 is 2.29 bits per heavy atom. The number of hydrogen-bond acceptors (Lipinski definition) is 1. The lowest BCUT2D eigenvalue weighted by Crippen LogP contribution is -2.06. The molecular formula is C19H15FO. The SMILES string of the molecule is Cc1cccc(C(=O)c2ccc(F)c3ccccc23)c1C. The van der Waals surface area contributed by atoms with Crippen LogP contribution in [0.4, 0.5) is 4.39 Å². The lowest BCUT2D eigenvalue weighted by atomic mass is 9.93. The van der Waals surface area contributed by atoms with E-state index in [9.17, 15) is 9.18 Å². The van der Waals surface area contributed by atoms with E-state index in [0.29, 0.717) is 21.9 Å².